The molecule has 152 valence electrons. The number of benzene rings is 1. The topological polar surface area (TPSA) is 108 Å². The number of hydrogen-bond acceptors (Lipinski definition) is 6. The molecule has 1 aromatic carbocycles. The van der Waals surface area contributed by atoms with Crippen molar-refractivity contribution in [3.05, 3.63) is 77.4 Å². The van der Waals surface area contributed by atoms with E-state index < -0.39 is 5.91 Å². The number of carbonyl (C=O) groups excluding carboxylic acids is 2. The lowest BCUT2D eigenvalue weighted by Crippen LogP contribution is -2.34. The molecule has 0 aliphatic heterocycles. The second kappa shape index (κ2) is 9.39. The number of ether oxygens (including phenoxy) is 1. The number of aromatic nitrogens is 1. The monoisotopic (exact) mass is 404 g/mol. The van der Waals surface area contributed by atoms with Crippen LogP contribution in [-0.4, -0.2) is 35.3 Å². The first-order valence-electron chi connectivity index (χ1n) is 9.15. The lowest BCUT2D eigenvalue weighted by molar-refractivity contribution is -0.116. The number of likely N-dealkylation sites (N-methyl/N-ethyl adjacent to an activating group) is 1. The molecule has 0 saturated carbocycles. The number of aryl methyl sites for hydroxylation is 1. The summed E-state index contributed by atoms with van der Waals surface area (Å²) in [7, 11) is 1.51. The van der Waals surface area contributed by atoms with Gasteiger partial charge in [-0.3, -0.25) is 9.59 Å². The van der Waals surface area contributed by atoms with Crippen molar-refractivity contribution in [1.29, 1.82) is 5.26 Å². The van der Waals surface area contributed by atoms with Crippen molar-refractivity contribution in [1.82, 2.24) is 9.88 Å². The molecule has 2 amide bonds. The number of pyridine rings is 1. The van der Waals surface area contributed by atoms with Gasteiger partial charge in [0, 0.05) is 12.7 Å². The minimum absolute atomic E-state index is 0.109. The molecule has 2 heterocycles. The second-order valence-electron chi connectivity index (χ2n) is 6.56. The summed E-state index contributed by atoms with van der Waals surface area (Å²) < 4.78 is 11.1. The molecule has 1 N–H and O–H groups in total. The van der Waals surface area contributed by atoms with Crippen molar-refractivity contribution in [2.45, 2.75) is 13.5 Å². The van der Waals surface area contributed by atoms with Gasteiger partial charge in [-0.05, 0) is 55.5 Å². The minimum Gasteiger partial charge on any atom is -0.486 e. The molecule has 0 radical (unpaired) electrons. The van der Waals surface area contributed by atoms with E-state index in [2.05, 4.69) is 10.3 Å². The first-order chi connectivity index (χ1) is 14.4. The van der Waals surface area contributed by atoms with E-state index in [0.29, 0.717) is 22.9 Å². The molecule has 0 atom stereocenters. The van der Waals surface area contributed by atoms with Crippen molar-refractivity contribution in [3.63, 3.8) is 0 Å². The first kappa shape index (κ1) is 20.6. The molecule has 2 aromatic heterocycles. The van der Waals surface area contributed by atoms with Crippen LogP contribution in [0, 0.1) is 18.3 Å². The van der Waals surface area contributed by atoms with E-state index in [0.717, 1.165) is 5.69 Å². The Balaban J connectivity index is 1.52. The molecular formula is C22H20N4O4. The van der Waals surface area contributed by atoms with Gasteiger partial charge in [0.25, 0.3) is 5.91 Å². The Bertz CT molecular complexity index is 1080. The van der Waals surface area contributed by atoms with Crippen LogP contribution in [0.4, 0.5) is 5.82 Å². The van der Waals surface area contributed by atoms with E-state index in [1.807, 2.05) is 19.1 Å². The Kier molecular flexibility index (Phi) is 6.45. The van der Waals surface area contributed by atoms with Gasteiger partial charge in [-0.25, -0.2) is 4.98 Å². The van der Waals surface area contributed by atoms with E-state index in [-0.39, 0.29) is 24.8 Å². The average Bonchev–Trinajstić information content (AvgIpc) is 3.21. The maximum Gasteiger partial charge on any atom is 0.289 e. The van der Waals surface area contributed by atoms with E-state index in [1.165, 1.54) is 18.0 Å². The smallest absolute Gasteiger partial charge is 0.289 e. The number of nitrogens with zero attached hydrogens (tertiary/aromatic N) is 3. The van der Waals surface area contributed by atoms with Gasteiger partial charge in [-0.1, -0.05) is 6.07 Å². The fourth-order valence-electron chi connectivity index (χ4n) is 2.62. The zero-order chi connectivity index (χ0) is 21.5. The van der Waals surface area contributed by atoms with Crippen molar-refractivity contribution >= 4 is 17.6 Å². The van der Waals surface area contributed by atoms with Gasteiger partial charge >= 0.3 is 0 Å². The third-order valence-electron chi connectivity index (χ3n) is 4.12. The third-order valence-corrected chi connectivity index (χ3v) is 4.12. The minimum atomic E-state index is -0.424. The number of nitrogens with one attached hydrogen (secondary N) is 1. The first-order valence-corrected chi connectivity index (χ1v) is 9.15. The second-order valence-corrected chi connectivity index (χ2v) is 6.56. The number of nitriles is 1. The van der Waals surface area contributed by atoms with E-state index in [1.54, 1.807) is 42.5 Å². The molecule has 0 aliphatic carbocycles. The summed E-state index contributed by atoms with van der Waals surface area (Å²) in [6.07, 6.45) is 0. The summed E-state index contributed by atoms with van der Waals surface area (Å²) in [4.78, 5) is 30.1. The highest BCUT2D eigenvalue weighted by Crippen LogP contribution is 2.16. The number of hydrogen-bond donors (Lipinski definition) is 1. The predicted octanol–water partition coefficient (Wildman–Crippen LogP) is 3.14. The van der Waals surface area contributed by atoms with Gasteiger partial charge in [0.05, 0.1) is 11.6 Å². The molecule has 0 saturated heterocycles. The Labute approximate surface area is 173 Å². The zero-order valence-electron chi connectivity index (χ0n) is 16.6. The molecule has 3 aromatic rings. The molecule has 30 heavy (non-hydrogen) atoms. The van der Waals surface area contributed by atoms with Gasteiger partial charge < -0.3 is 19.4 Å². The maximum atomic E-state index is 12.5. The van der Waals surface area contributed by atoms with Crippen LogP contribution in [0.25, 0.3) is 0 Å². The van der Waals surface area contributed by atoms with Crippen LogP contribution >= 0.6 is 0 Å². The normalized spacial score (nSPS) is 10.2. The molecule has 0 fully saturated rings. The zero-order valence-corrected chi connectivity index (χ0v) is 16.6. The van der Waals surface area contributed by atoms with Crippen LogP contribution in [0.2, 0.25) is 0 Å². The maximum absolute atomic E-state index is 12.5. The van der Waals surface area contributed by atoms with E-state index in [9.17, 15) is 9.59 Å². The number of anilines is 1. The molecule has 0 unspecified atom stereocenters. The van der Waals surface area contributed by atoms with Crippen molar-refractivity contribution in [2.24, 2.45) is 0 Å². The molecule has 8 heteroatoms. The van der Waals surface area contributed by atoms with Gasteiger partial charge in [-0.2, -0.15) is 5.26 Å². The number of furan rings is 1. The summed E-state index contributed by atoms with van der Waals surface area (Å²) >= 11 is 0. The van der Waals surface area contributed by atoms with Crippen LogP contribution in [0.15, 0.2) is 59.0 Å². The summed E-state index contributed by atoms with van der Waals surface area (Å²) in [6, 6.07) is 17.2. The molecule has 3 rings (SSSR count). The summed E-state index contributed by atoms with van der Waals surface area (Å²) in [5.41, 5.74) is 1.32. The van der Waals surface area contributed by atoms with Crippen LogP contribution < -0.4 is 10.1 Å². The molecule has 0 spiro atoms. The predicted molar refractivity (Wildman–Crippen MR) is 109 cm³/mol. The molecular weight excluding hydrogens is 384 g/mol. The largest absolute Gasteiger partial charge is 0.486 e. The van der Waals surface area contributed by atoms with Crippen LogP contribution in [-0.2, 0) is 11.4 Å². The van der Waals surface area contributed by atoms with Crippen LogP contribution in [0.5, 0.6) is 5.75 Å². The molecule has 8 nitrogen and oxygen atoms in total. The van der Waals surface area contributed by atoms with E-state index >= 15 is 0 Å². The third kappa shape index (κ3) is 5.45. The quantitative estimate of drug-likeness (QED) is 0.648. The Morgan fingerprint density at radius 1 is 1.17 bits per heavy atom. The standard InChI is InChI=1S/C22H20N4O4/c1-15-4-3-5-20(24-15)25-21(27)13-26(2)22(28)19-11-10-18(30-19)14-29-17-8-6-16(12-23)7-9-17/h3-11H,13-14H2,1-2H3,(H,24,25,27). The number of amides is 2. The van der Waals surface area contributed by atoms with Gasteiger partial charge in [0.2, 0.25) is 5.91 Å². The lowest BCUT2D eigenvalue weighted by atomic mass is 10.2. The van der Waals surface area contributed by atoms with Crippen LogP contribution in [0.3, 0.4) is 0 Å². The van der Waals surface area contributed by atoms with Gasteiger partial charge in [0.15, 0.2) is 5.76 Å². The highest BCUT2D eigenvalue weighted by Gasteiger charge is 2.19. The van der Waals surface area contributed by atoms with Crippen molar-refractivity contribution in [3.8, 4) is 11.8 Å². The highest BCUT2D eigenvalue weighted by atomic mass is 16.5. The summed E-state index contributed by atoms with van der Waals surface area (Å²) in [5, 5.41) is 11.5. The van der Waals surface area contributed by atoms with Crippen molar-refractivity contribution in [2.75, 3.05) is 18.9 Å². The Hall–Kier alpha value is -4.12. The fourth-order valence-corrected chi connectivity index (χ4v) is 2.62. The average molecular weight is 404 g/mol. The highest BCUT2D eigenvalue weighted by molar-refractivity contribution is 5.97. The van der Waals surface area contributed by atoms with Gasteiger partial charge in [0.1, 0.15) is 30.5 Å². The molecule has 0 bridgehead atoms. The van der Waals surface area contributed by atoms with E-state index in [4.69, 9.17) is 14.4 Å². The van der Waals surface area contributed by atoms with Crippen molar-refractivity contribution < 1.29 is 18.7 Å². The fraction of sp³-hybridized carbons (Fsp3) is 0.182. The number of carbonyl (C=O) groups is 2. The lowest BCUT2D eigenvalue weighted by Gasteiger charge is -2.15. The van der Waals surface area contributed by atoms with Crippen LogP contribution in [0.1, 0.15) is 27.6 Å². The van der Waals surface area contributed by atoms with Gasteiger partial charge in [-0.15, -0.1) is 0 Å². The molecule has 0 aliphatic rings. The number of rotatable bonds is 7. The summed E-state index contributed by atoms with van der Waals surface area (Å²) in [6.45, 7) is 1.81. The SMILES string of the molecule is Cc1cccc(NC(=O)CN(C)C(=O)c2ccc(COc3ccc(C#N)cc3)o2)n1. The summed E-state index contributed by atoms with van der Waals surface area (Å²) in [5.74, 6) is 0.798. The Morgan fingerprint density at radius 2 is 1.93 bits per heavy atom. The Morgan fingerprint density at radius 3 is 2.63 bits per heavy atom.